The van der Waals surface area contributed by atoms with E-state index < -0.39 is 11.7 Å². The summed E-state index contributed by atoms with van der Waals surface area (Å²) in [4.78, 5) is 12.2. The number of carbonyl (C=O) groups excluding carboxylic acids is 1. The van der Waals surface area contributed by atoms with E-state index >= 15 is 0 Å². The van der Waals surface area contributed by atoms with Crippen LogP contribution in [0, 0.1) is 0 Å². The zero-order chi connectivity index (χ0) is 13.1. The van der Waals surface area contributed by atoms with Gasteiger partial charge in [0.1, 0.15) is 5.60 Å². The lowest BCUT2D eigenvalue weighted by Gasteiger charge is -2.19. The maximum absolute atomic E-state index is 11.5. The molecule has 0 saturated carbocycles. The van der Waals surface area contributed by atoms with E-state index in [0.717, 1.165) is 11.9 Å². The molecule has 0 bridgehead atoms. The van der Waals surface area contributed by atoms with Crippen molar-refractivity contribution in [2.45, 2.75) is 31.3 Å². The fraction of sp³-hybridized carbons (Fsp3) is 0.364. The summed E-state index contributed by atoms with van der Waals surface area (Å²) in [6.45, 7) is 5.41. The number of amides is 1. The van der Waals surface area contributed by atoms with Gasteiger partial charge >= 0.3 is 6.09 Å². The molecule has 0 heterocycles. The highest BCUT2D eigenvalue weighted by molar-refractivity contribution is 7.97. The molecule has 0 unspecified atom stereocenters. The number of hydrogen-bond donors (Lipinski definition) is 3. The van der Waals surface area contributed by atoms with Crippen LogP contribution >= 0.6 is 11.9 Å². The highest BCUT2D eigenvalue weighted by Crippen LogP contribution is 2.24. The SMILES string of the molecule is CC(C)(C)OC(=O)Nc1ccc(N)c(SN)c1. The molecule has 0 aliphatic carbocycles. The number of nitrogen functional groups attached to an aromatic ring is 1. The Morgan fingerprint density at radius 1 is 1.41 bits per heavy atom. The summed E-state index contributed by atoms with van der Waals surface area (Å²) < 4.78 is 5.13. The first-order valence-corrected chi connectivity index (χ1v) is 5.96. The molecule has 1 amide bonds. The average Bonchev–Trinajstić information content (AvgIpc) is 2.18. The third-order valence-electron chi connectivity index (χ3n) is 1.79. The number of rotatable bonds is 2. The minimum atomic E-state index is -0.524. The van der Waals surface area contributed by atoms with E-state index in [1.165, 1.54) is 0 Å². The molecular weight excluding hydrogens is 238 g/mol. The van der Waals surface area contributed by atoms with Gasteiger partial charge in [0.05, 0.1) is 0 Å². The number of benzene rings is 1. The minimum absolute atomic E-state index is 0.504. The van der Waals surface area contributed by atoms with Crippen molar-refractivity contribution >= 4 is 29.4 Å². The first-order valence-electron chi connectivity index (χ1n) is 5.08. The topological polar surface area (TPSA) is 90.4 Å². The lowest BCUT2D eigenvalue weighted by atomic mass is 10.2. The van der Waals surface area contributed by atoms with Crippen LogP contribution < -0.4 is 16.2 Å². The number of hydrogen-bond acceptors (Lipinski definition) is 5. The highest BCUT2D eigenvalue weighted by Gasteiger charge is 2.16. The molecule has 5 N–H and O–H groups in total. The number of nitrogens with one attached hydrogen (secondary N) is 1. The van der Waals surface area contributed by atoms with E-state index in [9.17, 15) is 4.79 Å². The molecule has 0 aromatic heterocycles. The molecule has 1 rings (SSSR count). The quantitative estimate of drug-likeness (QED) is 0.558. The Balaban J connectivity index is 2.72. The second-order valence-electron chi connectivity index (χ2n) is 4.50. The van der Waals surface area contributed by atoms with Gasteiger partial charge in [-0.2, -0.15) is 0 Å². The van der Waals surface area contributed by atoms with Crippen molar-refractivity contribution in [3.63, 3.8) is 0 Å². The van der Waals surface area contributed by atoms with Crippen LogP contribution in [0.5, 0.6) is 0 Å². The molecule has 0 aliphatic rings. The summed E-state index contributed by atoms with van der Waals surface area (Å²) >= 11 is 1.03. The predicted octanol–water partition coefficient (Wildman–Crippen LogP) is 2.58. The fourth-order valence-corrected chi connectivity index (χ4v) is 1.53. The monoisotopic (exact) mass is 255 g/mol. The molecule has 94 valence electrons. The summed E-state index contributed by atoms with van der Waals surface area (Å²) in [5, 5.41) is 8.06. The molecule has 0 saturated heterocycles. The normalized spacial score (nSPS) is 11.1. The van der Waals surface area contributed by atoms with Gasteiger partial charge in [-0.15, -0.1) is 0 Å². The van der Waals surface area contributed by atoms with Gasteiger partial charge in [0, 0.05) is 16.3 Å². The van der Waals surface area contributed by atoms with E-state index in [4.69, 9.17) is 15.6 Å². The van der Waals surface area contributed by atoms with Crippen LogP contribution in [-0.4, -0.2) is 11.7 Å². The van der Waals surface area contributed by atoms with Gasteiger partial charge in [-0.25, -0.2) is 4.79 Å². The molecule has 0 spiro atoms. The molecular formula is C11H17N3O2S. The van der Waals surface area contributed by atoms with Crippen molar-refractivity contribution in [1.29, 1.82) is 0 Å². The lowest BCUT2D eigenvalue weighted by Crippen LogP contribution is -2.27. The third-order valence-corrected chi connectivity index (χ3v) is 2.39. The van der Waals surface area contributed by atoms with E-state index in [1.54, 1.807) is 39.0 Å². The van der Waals surface area contributed by atoms with Gasteiger partial charge in [-0.3, -0.25) is 10.5 Å². The predicted molar refractivity (Wildman–Crippen MR) is 70.8 cm³/mol. The summed E-state index contributed by atoms with van der Waals surface area (Å²) in [7, 11) is 0. The van der Waals surface area contributed by atoms with E-state index in [0.29, 0.717) is 16.3 Å². The zero-order valence-corrected chi connectivity index (χ0v) is 10.9. The van der Waals surface area contributed by atoms with Gasteiger partial charge < -0.3 is 10.5 Å². The first-order chi connectivity index (χ1) is 7.81. The Bertz CT molecular complexity index is 416. The molecule has 0 radical (unpaired) electrons. The van der Waals surface area contributed by atoms with E-state index in [-0.39, 0.29) is 0 Å². The standard InChI is InChI=1S/C11H17N3O2S/c1-11(2,3)16-10(15)14-7-4-5-8(12)9(6-7)17-13/h4-6H,12-13H2,1-3H3,(H,14,15). The van der Waals surface area contributed by atoms with Crippen LogP contribution in [0.1, 0.15) is 20.8 Å². The maximum atomic E-state index is 11.5. The largest absolute Gasteiger partial charge is 0.444 e. The van der Waals surface area contributed by atoms with Crippen molar-refractivity contribution in [1.82, 2.24) is 0 Å². The van der Waals surface area contributed by atoms with Gasteiger partial charge in [-0.1, -0.05) is 0 Å². The minimum Gasteiger partial charge on any atom is -0.444 e. The van der Waals surface area contributed by atoms with Crippen LogP contribution in [-0.2, 0) is 4.74 Å². The molecule has 1 aromatic carbocycles. The summed E-state index contributed by atoms with van der Waals surface area (Å²) in [6.07, 6.45) is -0.504. The molecule has 6 heteroatoms. The molecule has 0 fully saturated rings. The average molecular weight is 255 g/mol. The Hall–Kier alpha value is -1.40. The molecule has 5 nitrogen and oxygen atoms in total. The zero-order valence-electron chi connectivity index (χ0n) is 10.1. The van der Waals surface area contributed by atoms with Crippen molar-refractivity contribution in [2.24, 2.45) is 5.14 Å². The van der Waals surface area contributed by atoms with E-state index in [2.05, 4.69) is 5.32 Å². The third kappa shape index (κ3) is 4.54. The number of carbonyl (C=O) groups is 1. The van der Waals surface area contributed by atoms with Crippen LogP contribution in [0.4, 0.5) is 16.2 Å². The second kappa shape index (κ2) is 5.29. The lowest BCUT2D eigenvalue weighted by molar-refractivity contribution is 0.0636. The van der Waals surface area contributed by atoms with Gasteiger partial charge in [0.2, 0.25) is 0 Å². The van der Waals surface area contributed by atoms with Gasteiger partial charge in [0.15, 0.2) is 0 Å². The van der Waals surface area contributed by atoms with Crippen LogP contribution in [0.3, 0.4) is 0 Å². The molecule has 17 heavy (non-hydrogen) atoms. The van der Waals surface area contributed by atoms with Crippen molar-refractivity contribution < 1.29 is 9.53 Å². The maximum Gasteiger partial charge on any atom is 0.412 e. The Morgan fingerprint density at radius 2 is 2.06 bits per heavy atom. The summed E-state index contributed by atoms with van der Waals surface area (Å²) in [5.74, 6) is 0. The molecule has 1 aromatic rings. The van der Waals surface area contributed by atoms with Crippen molar-refractivity contribution in [3.05, 3.63) is 18.2 Å². The number of anilines is 2. The smallest absolute Gasteiger partial charge is 0.412 e. The van der Waals surface area contributed by atoms with Crippen LogP contribution in [0.25, 0.3) is 0 Å². The number of ether oxygens (including phenoxy) is 1. The summed E-state index contributed by atoms with van der Waals surface area (Å²) in [6, 6.07) is 5.07. The van der Waals surface area contributed by atoms with Crippen molar-refractivity contribution in [3.8, 4) is 0 Å². The van der Waals surface area contributed by atoms with Crippen LogP contribution in [0.15, 0.2) is 23.1 Å². The van der Waals surface area contributed by atoms with Crippen molar-refractivity contribution in [2.75, 3.05) is 11.1 Å². The number of nitrogens with two attached hydrogens (primary N) is 2. The Labute approximate surface area is 105 Å². The summed E-state index contributed by atoms with van der Waals surface area (Å²) in [5.41, 5.74) is 6.34. The van der Waals surface area contributed by atoms with Gasteiger partial charge in [-0.05, 0) is 50.9 Å². The molecule has 0 atom stereocenters. The molecule has 0 aliphatic heterocycles. The van der Waals surface area contributed by atoms with Crippen LogP contribution in [0.2, 0.25) is 0 Å². The Kier molecular flexibility index (Phi) is 4.25. The van der Waals surface area contributed by atoms with Gasteiger partial charge in [0.25, 0.3) is 0 Å². The van der Waals surface area contributed by atoms with E-state index in [1.807, 2.05) is 0 Å². The second-order valence-corrected chi connectivity index (χ2v) is 5.17. The fourth-order valence-electron chi connectivity index (χ4n) is 1.14. The highest BCUT2D eigenvalue weighted by atomic mass is 32.2. The first kappa shape index (κ1) is 13.7. The Morgan fingerprint density at radius 3 is 2.59 bits per heavy atom.